The molecule has 1 N–H and O–H groups in total. The molecule has 106 valence electrons. The van der Waals surface area contributed by atoms with Crippen molar-refractivity contribution in [2.45, 2.75) is 32.1 Å². The number of halogens is 1. The van der Waals surface area contributed by atoms with E-state index >= 15 is 0 Å². The highest BCUT2D eigenvalue weighted by Crippen LogP contribution is 2.37. The Morgan fingerprint density at radius 1 is 1.32 bits per heavy atom. The summed E-state index contributed by atoms with van der Waals surface area (Å²) >= 11 is 6.39. The molecule has 0 aromatic heterocycles. The second-order valence-corrected chi connectivity index (χ2v) is 5.67. The number of anilines is 1. The highest BCUT2D eigenvalue weighted by Gasteiger charge is 2.18. The summed E-state index contributed by atoms with van der Waals surface area (Å²) in [6.07, 6.45) is 3.67. The fourth-order valence-electron chi connectivity index (χ4n) is 2.68. The summed E-state index contributed by atoms with van der Waals surface area (Å²) in [5, 5.41) is 10.9. The van der Waals surface area contributed by atoms with E-state index in [1.165, 1.54) is 19.3 Å². The van der Waals surface area contributed by atoms with Gasteiger partial charge in [0.05, 0.1) is 17.3 Å². The van der Waals surface area contributed by atoms with Gasteiger partial charge in [0.15, 0.2) is 0 Å². The predicted molar refractivity (Wildman–Crippen MR) is 79.5 cm³/mol. The van der Waals surface area contributed by atoms with Crippen LogP contribution in [0.25, 0.3) is 0 Å². The SMILES string of the molecule is COCC(C)c1cc(Cl)c(N2CCCCC2)cc1O. The first-order valence-corrected chi connectivity index (χ1v) is 7.27. The molecule has 2 rings (SSSR count). The molecule has 1 heterocycles. The first kappa shape index (κ1) is 14.5. The molecule has 1 aliphatic rings. The zero-order valence-electron chi connectivity index (χ0n) is 11.7. The second kappa shape index (κ2) is 6.49. The summed E-state index contributed by atoms with van der Waals surface area (Å²) < 4.78 is 5.13. The summed E-state index contributed by atoms with van der Waals surface area (Å²) in [5.74, 6) is 0.451. The van der Waals surface area contributed by atoms with Crippen LogP contribution in [0.4, 0.5) is 5.69 Å². The molecule has 3 nitrogen and oxygen atoms in total. The molecule has 19 heavy (non-hydrogen) atoms. The van der Waals surface area contributed by atoms with Crippen molar-refractivity contribution in [1.82, 2.24) is 0 Å². The first-order chi connectivity index (χ1) is 9.13. The molecular weight excluding hydrogens is 262 g/mol. The number of nitrogens with zero attached hydrogens (tertiary/aromatic N) is 1. The van der Waals surface area contributed by atoms with E-state index in [9.17, 15) is 5.11 Å². The van der Waals surface area contributed by atoms with Crippen molar-refractivity contribution in [3.05, 3.63) is 22.7 Å². The maximum absolute atomic E-state index is 10.2. The zero-order valence-corrected chi connectivity index (χ0v) is 12.4. The van der Waals surface area contributed by atoms with Gasteiger partial charge in [-0.25, -0.2) is 0 Å². The molecule has 1 aromatic rings. The molecule has 4 heteroatoms. The van der Waals surface area contributed by atoms with Crippen molar-refractivity contribution in [2.24, 2.45) is 0 Å². The summed E-state index contributed by atoms with van der Waals surface area (Å²) in [5.41, 5.74) is 1.81. The van der Waals surface area contributed by atoms with Gasteiger partial charge in [0.1, 0.15) is 5.75 Å². The smallest absolute Gasteiger partial charge is 0.121 e. The molecule has 1 unspecified atom stereocenters. The van der Waals surface area contributed by atoms with Crippen LogP contribution in [0.1, 0.15) is 37.7 Å². The number of ether oxygens (including phenoxy) is 1. The van der Waals surface area contributed by atoms with E-state index in [2.05, 4.69) is 4.90 Å². The molecular formula is C15H22ClNO2. The lowest BCUT2D eigenvalue weighted by atomic mass is 9.99. The van der Waals surface area contributed by atoms with Crippen LogP contribution in [0.2, 0.25) is 5.02 Å². The van der Waals surface area contributed by atoms with Crippen LogP contribution < -0.4 is 4.90 Å². The maximum atomic E-state index is 10.2. The number of benzene rings is 1. The maximum Gasteiger partial charge on any atom is 0.121 e. The first-order valence-electron chi connectivity index (χ1n) is 6.89. The van der Waals surface area contributed by atoms with Crippen LogP contribution in [0.5, 0.6) is 5.75 Å². The lowest BCUT2D eigenvalue weighted by molar-refractivity contribution is 0.183. The van der Waals surface area contributed by atoms with Crippen molar-refractivity contribution in [1.29, 1.82) is 0 Å². The van der Waals surface area contributed by atoms with Crippen LogP contribution in [-0.2, 0) is 4.74 Å². The summed E-state index contributed by atoms with van der Waals surface area (Å²) in [4.78, 5) is 2.26. The molecule has 0 saturated carbocycles. The van der Waals surface area contributed by atoms with Gasteiger partial charge in [-0.1, -0.05) is 18.5 Å². The lowest BCUT2D eigenvalue weighted by Crippen LogP contribution is -2.29. The topological polar surface area (TPSA) is 32.7 Å². The van der Waals surface area contributed by atoms with Crippen LogP contribution in [0.3, 0.4) is 0 Å². The van der Waals surface area contributed by atoms with E-state index in [0.717, 1.165) is 29.4 Å². The molecule has 0 bridgehead atoms. The minimum atomic E-state index is 0.137. The number of phenolic OH excluding ortho intramolecular Hbond substituents is 1. The predicted octanol–water partition coefficient (Wildman–Crippen LogP) is 3.79. The van der Waals surface area contributed by atoms with Gasteiger partial charge in [-0.15, -0.1) is 0 Å². The second-order valence-electron chi connectivity index (χ2n) is 5.27. The molecule has 1 saturated heterocycles. The minimum Gasteiger partial charge on any atom is -0.508 e. The van der Waals surface area contributed by atoms with Gasteiger partial charge in [-0.3, -0.25) is 0 Å². The molecule has 0 spiro atoms. The average molecular weight is 284 g/mol. The van der Waals surface area contributed by atoms with Gasteiger partial charge >= 0.3 is 0 Å². The van der Waals surface area contributed by atoms with Gasteiger partial charge in [-0.05, 0) is 25.3 Å². The third-order valence-electron chi connectivity index (χ3n) is 3.74. The van der Waals surface area contributed by atoms with E-state index < -0.39 is 0 Å². The number of methoxy groups -OCH3 is 1. The Morgan fingerprint density at radius 2 is 2.00 bits per heavy atom. The summed E-state index contributed by atoms with van der Waals surface area (Å²) in [6, 6.07) is 3.68. The van der Waals surface area contributed by atoms with Crippen LogP contribution in [0, 0.1) is 0 Å². The van der Waals surface area contributed by atoms with Gasteiger partial charge in [-0.2, -0.15) is 0 Å². The molecule has 1 aromatic carbocycles. The van der Waals surface area contributed by atoms with Gasteiger partial charge in [0.2, 0.25) is 0 Å². The van der Waals surface area contributed by atoms with E-state index in [1.807, 2.05) is 13.0 Å². The Labute approximate surface area is 120 Å². The molecule has 0 radical (unpaired) electrons. The average Bonchev–Trinajstić information content (AvgIpc) is 2.42. The largest absolute Gasteiger partial charge is 0.508 e. The summed E-state index contributed by atoms with van der Waals surface area (Å²) in [7, 11) is 1.66. The third-order valence-corrected chi connectivity index (χ3v) is 4.04. The van der Waals surface area contributed by atoms with E-state index in [-0.39, 0.29) is 5.92 Å². The lowest BCUT2D eigenvalue weighted by Gasteiger charge is -2.30. The molecule has 1 fully saturated rings. The van der Waals surface area contributed by atoms with Crippen LogP contribution >= 0.6 is 11.6 Å². The normalized spacial score (nSPS) is 17.5. The van der Waals surface area contributed by atoms with Gasteiger partial charge in [0, 0.05) is 37.7 Å². The van der Waals surface area contributed by atoms with Crippen LogP contribution in [-0.4, -0.2) is 31.9 Å². The number of rotatable bonds is 4. The Bertz CT molecular complexity index is 430. The fraction of sp³-hybridized carbons (Fsp3) is 0.600. The Hall–Kier alpha value is -0.930. The highest BCUT2D eigenvalue weighted by atomic mass is 35.5. The number of hydrogen-bond donors (Lipinski definition) is 1. The van der Waals surface area contributed by atoms with E-state index in [4.69, 9.17) is 16.3 Å². The van der Waals surface area contributed by atoms with Gasteiger partial charge in [0.25, 0.3) is 0 Å². The number of hydrogen-bond acceptors (Lipinski definition) is 3. The van der Waals surface area contributed by atoms with Crippen molar-refractivity contribution in [3.63, 3.8) is 0 Å². The molecule has 1 atom stereocenters. The Kier molecular flexibility index (Phi) is 4.94. The monoisotopic (exact) mass is 283 g/mol. The Morgan fingerprint density at radius 3 is 2.63 bits per heavy atom. The molecule has 0 aliphatic carbocycles. The fourth-order valence-corrected chi connectivity index (χ4v) is 2.97. The highest BCUT2D eigenvalue weighted by molar-refractivity contribution is 6.33. The molecule has 0 amide bonds. The Balaban J connectivity index is 2.25. The van der Waals surface area contributed by atoms with E-state index in [0.29, 0.717) is 12.4 Å². The van der Waals surface area contributed by atoms with Crippen molar-refractivity contribution < 1.29 is 9.84 Å². The van der Waals surface area contributed by atoms with Crippen molar-refractivity contribution >= 4 is 17.3 Å². The van der Waals surface area contributed by atoms with Crippen LogP contribution in [0.15, 0.2) is 12.1 Å². The number of aromatic hydroxyl groups is 1. The third kappa shape index (κ3) is 3.34. The summed E-state index contributed by atoms with van der Waals surface area (Å²) in [6.45, 7) is 4.64. The van der Waals surface area contributed by atoms with Gasteiger partial charge < -0.3 is 14.7 Å². The van der Waals surface area contributed by atoms with Crippen molar-refractivity contribution in [2.75, 3.05) is 31.7 Å². The van der Waals surface area contributed by atoms with E-state index in [1.54, 1.807) is 13.2 Å². The quantitative estimate of drug-likeness (QED) is 0.913. The van der Waals surface area contributed by atoms with Crippen molar-refractivity contribution in [3.8, 4) is 5.75 Å². The standard InChI is InChI=1S/C15H22ClNO2/c1-11(10-19-2)12-8-13(16)14(9-15(12)18)17-6-4-3-5-7-17/h8-9,11,18H,3-7,10H2,1-2H3. The number of piperidine rings is 1. The molecule has 1 aliphatic heterocycles. The minimum absolute atomic E-state index is 0.137. The zero-order chi connectivity index (χ0) is 13.8. The number of phenols is 1.